The normalized spacial score (nSPS) is 12.3. The Hall–Kier alpha value is -3.77. The molecule has 1 atom stereocenters. The van der Waals surface area contributed by atoms with Gasteiger partial charge < -0.3 is 5.32 Å². The van der Waals surface area contributed by atoms with Crippen molar-refractivity contribution in [3.05, 3.63) is 71.7 Å². The van der Waals surface area contributed by atoms with Gasteiger partial charge in [0, 0.05) is 41.6 Å². The third kappa shape index (κ3) is 5.02. The van der Waals surface area contributed by atoms with Crippen LogP contribution in [0.2, 0.25) is 5.02 Å². The number of nitrogens with one attached hydrogen (secondary N) is 1. The lowest BCUT2D eigenvalue weighted by Crippen LogP contribution is -2.29. The van der Waals surface area contributed by atoms with E-state index in [1.54, 1.807) is 25.4 Å². The van der Waals surface area contributed by atoms with Gasteiger partial charge in [0.1, 0.15) is 5.69 Å². The molecule has 4 rings (SSSR count). The van der Waals surface area contributed by atoms with Crippen molar-refractivity contribution < 1.29 is 13.2 Å². The highest BCUT2D eigenvalue weighted by atomic mass is 35.5. The summed E-state index contributed by atoms with van der Waals surface area (Å²) < 4.78 is 25.2. The molecule has 1 N–H and O–H groups in total. The van der Waals surface area contributed by atoms with Crippen molar-refractivity contribution in [2.45, 2.75) is 17.9 Å². The number of hydrogen-bond acceptors (Lipinski definition) is 9. The standard InChI is InChI=1S/C20H17ClN8O3S/c1-12(26-19(30)13-8-14(21)10-15(9-13)33(2,31)32)18-27-17(16-11-22-6-7-23-16)28-29(18)20-24-4-3-5-25-20/h3-12H,1-2H3,(H,26,30). The summed E-state index contributed by atoms with van der Waals surface area (Å²) in [5, 5.41) is 7.35. The minimum Gasteiger partial charge on any atom is -0.342 e. The Morgan fingerprint density at radius 3 is 2.52 bits per heavy atom. The van der Waals surface area contributed by atoms with E-state index < -0.39 is 21.8 Å². The van der Waals surface area contributed by atoms with Gasteiger partial charge in [0.15, 0.2) is 15.7 Å². The Bertz CT molecular complexity index is 1410. The Labute approximate surface area is 193 Å². The van der Waals surface area contributed by atoms with E-state index in [1.165, 1.54) is 41.5 Å². The van der Waals surface area contributed by atoms with Crippen molar-refractivity contribution in [2.24, 2.45) is 0 Å². The van der Waals surface area contributed by atoms with Crippen LogP contribution in [-0.4, -0.2) is 55.3 Å². The zero-order valence-corrected chi connectivity index (χ0v) is 19.0. The number of nitrogens with zero attached hydrogens (tertiary/aromatic N) is 7. The molecule has 1 unspecified atom stereocenters. The molecule has 33 heavy (non-hydrogen) atoms. The van der Waals surface area contributed by atoms with E-state index in [1.807, 2.05) is 0 Å². The molecule has 13 heteroatoms. The van der Waals surface area contributed by atoms with E-state index in [9.17, 15) is 13.2 Å². The van der Waals surface area contributed by atoms with Crippen molar-refractivity contribution in [1.29, 1.82) is 0 Å². The van der Waals surface area contributed by atoms with Crippen LogP contribution in [0.5, 0.6) is 0 Å². The molecule has 1 aromatic carbocycles. The fraction of sp³-hybridized carbons (Fsp3) is 0.150. The van der Waals surface area contributed by atoms with Gasteiger partial charge in [-0.1, -0.05) is 11.6 Å². The highest BCUT2D eigenvalue weighted by Crippen LogP contribution is 2.22. The molecule has 0 aliphatic rings. The average molecular weight is 485 g/mol. The van der Waals surface area contributed by atoms with Crippen LogP contribution in [0.25, 0.3) is 17.5 Å². The summed E-state index contributed by atoms with van der Waals surface area (Å²) in [6.45, 7) is 1.70. The van der Waals surface area contributed by atoms with Gasteiger partial charge in [0.2, 0.25) is 5.82 Å². The second kappa shape index (κ2) is 9.00. The molecule has 168 valence electrons. The summed E-state index contributed by atoms with van der Waals surface area (Å²) in [4.78, 5) is 34.0. The van der Waals surface area contributed by atoms with Crippen LogP contribution in [0.3, 0.4) is 0 Å². The first-order valence-corrected chi connectivity index (χ1v) is 11.8. The summed E-state index contributed by atoms with van der Waals surface area (Å²) in [5.74, 6) is 0.312. The van der Waals surface area contributed by atoms with Gasteiger partial charge in [-0.15, -0.1) is 5.10 Å². The Balaban J connectivity index is 1.70. The Kier molecular flexibility index (Phi) is 6.11. The van der Waals surface area contributed by atoms with E-state index in [0.29, 0.717) is 11.5 Å². The SMILES string of the molecule is CC(NC(=O)c1cc(Cl)cc(S(C)(=O)=O)c1)c1nc(-c2cnccn2)nn1-c1ncccn1. The second-order valence-electron chi connectivity index (χ2n) is 6.99. The fourth-order valence-corrected chi connectivity index (χ4v) is 3.91. The molecule has 0 saturated carbocycles. The summed E-state index contributed by atoms with van der Waals surface area (Å²) in [6.07, 6.45) is 8.70. The monoisotopic (exact) mass is 484 g/mol. The molecule has 0 fully saturated rings. The predicted octanol–water partition coefficient (Wildman–Crippen LogP) is 2.06. The topological polar surface area (TPSA) is 146 Å². The van der Waals surface area contributed by atoms with Gasteiger partial charge in [-0.25, -0.2) is 28.4 Å². The highest BCUT2D eigenvalue weighted by molar-refractivity contribution is 7.90. The number of sulfone groups is 1. The number of carbonyl (C=O) groups is 1. The molecular formula is C20H17ClN8O3S. The van der Waals surface area contributed by atoms with Crippen LogP contribution < -0.4 is 5.32 Å². The van der Waals surface area contributed by atoms with Gasteiger partial charge >= 0.3 is 0 Å². The van der Waals surface area contributed by atoms with Crippen molar-refractivity contribution in [3.8, 4) is 17.5 Å². The van der Waals surface area contributed by atoms with Gasteiger partial charge in [0.25, 0.3) is 11.9 Å². The van der Waals surface area contributed by atoms with Crippen LogP contribution >= 0.6 is 11.6 Å². The van der Waals surface area contributed by atoms with Gasteiger partial charge in [-0.05, 0) is 31.2 Å². The Morgan fingerprint density at radius 1 is 1.09 bits per heavy atom. The Morgan fingerprint density at radius 2 is 1.85 bits per heavy atom. The van der Waals surface area contributed by atoms with E-state index >= 15 is 0 Å². The van der Waals surface area contributed by atoms with Crippen molar-refractivity contribution in [3.63, 3.8) is 0 Å². The molecule has 3 aromatic heterocycles. The quantitative estimate of drug-likeness (QED) is 0.434. The number of rotatable bonds is 6. The second-order valence-corrected chi connectivity index (χ2v) is 9.44. The summed E-state index contributed by atoms with van der Waals surface area (Å²) in [6, 6.07) is 4.93. The van der Waals surface area contributed by atoms with Gasteiger partial charge in [0.05, 0.1) is 17.1 Å². The average Bonchev–Trinajstić information content (AvgIpc) is 3.25. The van der Waals surface area contributed by atoms with Crippen LogP contribution in [-0.2, 0) is 9.84 Å². The number of aromatic nitrogens is 7. The molecule has 1 amide bonds. The predicted molar refractivity (Wildman–Crippen MR) is 118 cm³/mol. The molecule has 11 nitrogen and oxygen atoms in total. The van der Waals surface area contributed by atoms with Crippen molar-refractivity contribution >= 4 is 27.3 Å². The zero-order valence-electron chi connectivity index (χ0n) is 17.4. The number of halogens is 1. The van der Waals surface area contributed by atoms with E-state index in [4.69, 9.17) is 11.6 Å². The number of hydrogen-bond donors (Lipinski definition) is 1. The first-order chi connectivity index (χ1) is 15.7. The lowest BCUT2D eigenvalue weighted by molar-refractivity contribution is 0.0937. The van der Waals surface area contributed by atoms with Crippen LogP contribution in [0, 0.1) is 0 Å². The van der Waals surface area contributed by atoms with Crippen molar-refractivity contribution in [2.75, 3.05) is 6.26 Å². The third-order valence-corrected chi connectivity index (χ3v) is 5.77. The molecule has 4 aromatic rings. The molecule has 0 aliphatic heterocycles. The lowest BCUT2D eigenvalue weighted by atomic mass is 10.2. The summed E-state index contributed by atoms with van der Waals surface area (Å²) in [7, 11) is -3.55. The van der Waals surface area contributed by atoms with E-state index in [2.05, 4.69) is 35.3 Å². The van der Waals surface area contributed by atoms with E-state index in [-0.39, 0.29) is 27.3 Å². The number of amides is 1. The van der Waals surface area contributed by atoms with Gasteiger partial charge in [-0.2, -0.15) is 4.68 Å². The van der Waals surface area contributed by atoms with Crippen LogP contribution in [0.4, 0.5) is 0 Å². The van der Waals surface area contributed by atoms with Crippen LogP contribution in [0.1, 0.15) is 29.1 Å². The van der Waals surface area contributed by atoms with Crippen molar-refractivity contribution in [1.82, 2.24) is 40.0 Å². The maximum absolute atomic E-state index is 12.9. The molecule has 0 bridgehead atoms. The number of carbonyl (C=O) groups excluding carboxylic acids is 1. The zero-order chi connectivity index (χ0) is 23.6. The molecule has 0 radical (unpaired) electrons. The fourth-order valence-electron chi connectivity index (χ4n) is 2.93. The van der Waals surface area contributed by atoms with Gasteiger partial charge in [-0.3, -0.25) is 9.78 Å². The third-order valence-electron chi connectivity index (χ3n) is 4.46. The highest BCUT2D eigenvalue weighted by Gasteiger charge is 2.23. The number of benzene rings is 1. The molecule has 0 spiro atoms. The molecule has 3 heterocycles. The smallest absolute Gasteiger partial charge is 0.252 e. The minimum absolute atomic E-state index is 0.0569. The first kappa shape index (κ1) is 22.4. The molecular weight excluding hydrogens is 468 g/mol. The maximum Gasteiger partial charge on any atom is 0.252 e. The maximum atomic E-state index is 12.9. The minimum atomic E-state index is -3.55. The van der Waals surface area contributed by atoms with E-state index in [0.717, 1.165) is 6.26 Å². The largest absolute Gasteiger partial charge is 0.342 e. The van der Waals surface area contributed by atoms with Crippen LogP contribution in [0.15, 0.2) is 60.1 Å². The first-order valence-electron chi connectivity index (χ1n) is 9.54. The lowest BCUT2D eigenvalue weighted by Gasteiger charge is -2.14. The molecule has 0 aliphatic carbocycles. The summed E-state index contributed by atoms with van der Waals surface area (Å²) in [5.41, 5.74) is 0.519. The molecule has 0 saturated heterocycles. The summed E-state index contributed by atoms with van der Waals surface area (Å²) >= 11 is 6.03.